The highest BCUT2D eigenvalue weighted by Crippen LogP contribution is 2.50. The van der Waals surface area contributed by atoms with Crippen LogP contribution in [0.25, 0.3) is 0 Å². The van der Waals surface area contributed by atoms with E-state index in [1.807, 2.05) is 0 Å². The van der Waals surface area contributed by atoms with E-state index < -0.39 is 7.60 Å². The molecule has 0 heterocycles. The maximum atomic E-state index is 12.4. The summed E-state index contributed by atoms with van der Waals surface area (Å²) in [5.74, 6) is 0. The fourth-order valence-electron chi connectivity index (χ4n) is 1.16. The average Bonchev–Trinajstić information content (AvgIpc) is 2.24. The van der Waals surface area contributed by atoms with E-state index in [0.717, 1.165) is 25.7 Å². The predicted octanol–water partition coefficient (Wildman–Crippen LogP) is 4.86. The largest absolute Gasteiger partial charge is 0.330 e. The van der Waals surface area contributed by atoms with Gasteiger partial charge in [0.1, 0.15) is 0 Å². The molecule has 0 bridgehead atoms. The first kappa shape index (κ1) is 17.2. The molecule has 4 heteroatoms. The molecule has 0 spiro atoms. The zero-order valence-corrected chi connectivity index (χ0v) is 13.0. The Labute approximate surface area is 107 Å². The quantitative estimate of drug-likeness (QED) is 0.440. The van der Waals surface area contributed by atoms with Crippen LogP contribution in [0.4, 0.5) is 0 Å². The van der Waals surface area contributed by atoms with Crippen molar-refractivity contribution in [1.82, 2.24) is 0 Å². The molecule has 0 aromatic heterocycles. The molecule has 0 amide bonds. The lowest BCUT2D eigenvalue weighted by Crippen LogP contribution is -2.15. The fraction of sp³-hybridized carbons (Fsp3) is 1.00. The maximum absolute atomic E-state index is 12.4. The number of unbranched alkanes of at least 4 members (excludes halogenated alkanes) is 2. The SMILES string of the molecule is CCCCOP(=O)(CCCC)OCC(C)(C)C. The molecule has 0 aliphatic heterocycles. The number of rotatable bonds is 9. The third-order valence-electron chi connectivity index (χ3n) is 2.27. The summed E-state index contributed by atoms with van der Waals surface area (Å²) >= 11 is 0. The van der Waals surface area contributed by atoms with Gasteiger partial charge in [-0.3, -0.25) is 4.57 Å². The van der Waals surface area contributed by atoms with Gasteiger partial charge in [0, 0.05) is 0 Å². The summed E-state index contributed by atoms with van der Waals surface area (Å²) in [6, 6.07) is 0. The van der Waals surface area contributed by atoms with Gasteiger partial charge in [-0.25, -0.2) is 0 Å². The molecular weight excluding hydrogens is 235 g/mol. The summed E-state index contributed by atoms with van der Waals surface area (Å²) in [6.07, 6.45) is 4.44. The second-order valence-electron chi connectivity index (χ2n) is 5.71. The Hall–Kier alpha value is 0.150. The lowest BCUT2D eigenvalue weighted by atomic mass is 9.99. The lowest BCUT2D eigenvalue weighted by molar-refractivity contribution is 0.149. The molecule has 0 rings (SSSR count). The molecule has 1 unspecified atom stereocenters. The van der Waals surface area contributed by atoms with Gasteiger partial charge in [0.25, 0.3) is 0 Å². The molecule has 0 aromatic rings. The summed E-state index contributed by atoms with van der Waals surface area (Å²) < 4.78 is 23.5. The van der Waals surface area contributed by atoms with Crippen LogP contribution in [0.15, 0.2) is 0 Å². The van der Waals surface area contributed by atoms with Crippen LogP contribution in [0.1, 0.15) is 60.3 Å². The van der Waals surface area contributed by atoms with E-state index in [2.05, 4.69) is 34.6 Å². The standard InChI is InChI=1S/C13H29O3P/c1-6-8-10-15-17(14,11-9-7-2)16-12-13(3,4)5/h6-12H2,1-5H3. The summed E-state index contributed by atoms with van der Waals surface area (Å²) in [5.41, 5.74) is 0.0238. The van der Waals surface area contributed by atoms with Gasteiger partial charge in [0.15, 0.2) is 0 Å². The van der Waals surface area contributed by atoms with Crippen molar-refractivity contribution in [2.24, 2.45) is 5.41 Å². The van der Waals surface area contributed by atoms with Crippen LogP contribution >= 0.6 is 7.60 Å². The zero-order valence-electron chi connectivity index (χ0n) is 12.1. The highest BCUT2D eigenvalue weighted by atomic mass is 31.2. The van der Waals surface area contributed by atoms with Crippen LogP contribution in [0.5, 0.6) is 0 Å². The summed E-state index contributed by atoms with van der Waals surface area (Å²) in [4.78, 5) is 0. The van der Waals surface area contributed by atoms with Crippen molar-refractivity contribution in [2.45, 2.75) is 60.3 Å². The van der Waals surface area contributed by atoms with E-state index >= 15 is 0 Å². The van der Waals surface area contributed by atoms with Gasteiger partial charge in [0.2, 0.25) is 0 Å². The second-order valence-corrected chi connectivity index (χ2v) is 7.89. The summed E-state index contributed by atoms with van der Waals surface area (Å²) in [7, 11) is -2.86. The van der Waals surface area contributed by atoms with E-state index in [4.69, 9.17) is 9.05 Å². The zero-order chi connectivity index (χ0) is 13.4. The first-order valence-corrected chi connectivity index (χ1v) is 8.44. The third kappa shape index (κ3) is 9.82. The van der Waals surface area contributed by atoms with Crippen LogP contribution in [-0.2, 0) is 13.6 Å². The van der Waals surface area contributed by atoms with Crippen LogP contribution in [0.2, 0.25) is 0 Å². The van der Waals surface area contributed by atoms with Gasteiger partial charge in [-0.15, -0.1) is 0 Å². The van der Waals surface area contributed by atoms with Gasteiger partial charge in [-0.2, -0.15) is 0 Å². The van der Waals surface area contributed by atoms with Crippen LogP contribution in [-0.4, -0.2) is 19.4 Å². The molecule has 0 aliphatic rings. The molecule has 0 N–H and O–H groups in total. The van der Waals surface area contributed by atoms with E-state index in [9.17, 15) is 4.57 Å². The maximum Gasteiger partial charge on any atom is 0.330 e. The third-order valence-corrected chi connectivity index (χ3v) is 4.23. The molecule has 0 aliphatic carbocycles. The molecule has 0 saturated heterocycles. The topological polar surface area (TPSA) is 35.5 Å². The molecule has 0 radical (unpaired) electrons. The normalized spacial score (nSPS) is 15.8. The Bertz CT molecular complexity index is 233. The van der Waals surface area contributed by atoms with Crippen molar-refractivity contribution >= 4 is 7.60 Å². The van der Waals surface area contributed by atoms with Crippen molar-refractivity contribution in [3.63, 3.8) is 0 Å². The summed E-state index contributed by atoms with van der Waals surface area (Å²) in [6.45, 7) is 11.4. The van der Waals surface area contributed by atoms with Crippen molar-refractivity contribution in [3.8, 4) is 0 Å². The highest BCUT2D eigenvalue weighted by Gasteiger charge is 2.26. The minimum atomic E-state index is -2.86. The fourth-order valence-corrected chi connectivity index (χ4v) is 3.19. The van der Waals surface area contributed by atoms with E-state index in [1.165, 1.54) is 0 Å². The number of hydrogen-bond donors (Lipinski definition) is 0. The average molecular weight is 264 g/mol. The first-order valence-electron chi connectivity index (χ1n) is 6.71. The van der Waals surface area contributed by atoms with Gasteiger partial charge < -0.3 is 9.05 Å². The van der Waals surface area contributed by atoms with Crippen molar-refractivity contribution in [1.29, 1.82) is 0 Å². The molecule has 1 atom stereocenters. The second kappa shape index (κ2) is 8.29. The Morgan fingerprint density at radius 2 is 1.59 bits per heavy atom. The molecule has 17 heavy (non-hydrogen) atoms. The minimum Gasteiger partial charge on any atom is -0.309 e. The highest BCUT2D eigenvalue weighted by molar-refractivity contribution is 7.53. The van der Waals surface area contributed by atoms with Crippen LogP contribution < -0.4 is 0 Å². The molecule has 0 aromatic carbocycles. The first-order chi connectivity index (χ1) is 7.83. The van der Waals surface area contributed by atoms with Gasteiger partial charge in [-0.05, 0) is 18.3 Å². The molecule has 0 saturated carbocycles. The van der Waals surface area contributed by atoms with Gasteiger partial charge in [-0.1, -0.05) is 47.5 Å². The molecule has 3 nitrogen and oxygen atoms in total. The Morgan fingerprint density at radius 3 is 2.06 bits per heavy atom. The minimum absolute atomic E-state index is 0.0238. The van der Waals surface area contributed by atoms with Gasteiger partial charge >= 0.3 is 7.60 Å². The van der Waals surface area contributed by atoms with Crippen molar-refractivity contribution in [3.05, 3.63) is 0 Å². The monoisotopic (exact) mass is 264 g/mol. The smallest absolute Gasteiger partial charge is 0.309 e. The summed E-state index contributed by atoms with van der Waals surface area (Å²) in [5, 5.41) is 0. The number of hydrogen-bond acceptors (Lipinski definition) is 3. The van der Waals surface area contributed by atoms with E-state index in [1.54, 1.807) is 0 Å². The Balaban J connectivity index is 4.23. The van der Waals surface area contributed by atoms with Gasteiger partial charge in [0.05, 0.1) is 19.4 Å². The predicted molar refractivity (Wildman–Crippen MR) is 73.6 cm³/mol. The van der Waals surface area contributed by atoms with Crippen LogP contribution in [0, 0.1) is 5.41 Å². The Kier molecular flexibility index (Phi) is 8.36. The van der Waals surface area contributed by atoms with E-state index in [-0.39, 0.29) is 5.41 Å². The van der Waals surface area contributed by atoms with Crippen LogP contribution in [0.3, 0.4) is 0 Å². The lowest BCUT2D eigenvalue weighted by Gasteiger charge is -2.24. The van der Waals surface area contributed by atoms with E-state index in [0.29, 0.717) is 19.4 Å². The molecule has 0 fully saturated rings. The Morgan fingerprint density at radius 1 is 1.00 bits per heavy atom. The molecule has 104 valence electrons. The van der Waals surface area contributed by atoms with Crippen molar-refractivity contribution in [2.75, 3.05) is 19.4 Å². The van der Waals surface area contributed by atoms with Crippen molar-refractivity contribution < 1.29 is 13.6 Å². The molecular formula is C13H29O3P.